The number of nitrogens with zero attached hydrogens (tertiary/aromatic N) is 3. The topological polar surface area (TPSA) is 118 Å². The number of aromatic nitrogens is 3. The molecule has 0 saturated heterocycles. The monoisotopic (exact) mass is 502 g/mol. The first-order chi connectivity index (χ1) is 16.2. The second kappa shape index (κ2) is 9.75. The number of pyridine rings is 1. The van der Waals surface area contributed by atoms with Gasteiger partial charge in [0.2, 0.25) is 0 Å². The summed E-state index contributed by atoms with van der Waals surface area (Å²) >= 11 is 5.77. The second-order valence-electron chi connectivity index (χ2n) is 7.36. The minimum atomic E-state index is -3.83. The van der Waals surface area contributed by atoms with Crippen LogP contribution in [0.25, 0.3) is 10.9 Å². The maximum atomic E-state index is 13.4. The second-order valence-corrected chi connectivity index (χ2v) is 9.26. The number of hydrogen-bond donors (Lipinski definition) is 3. The van der Waals surface area contributed by atoms with Crippen LogP contribution in [0.2, 0.25) is 5.02 Å². The third-order valence-corrected chi connectivity index (χ3v) is 6.26. The average molecular weight is 503 g/mol. The number of rotatable bonds is 8. The highest BCUT2D eigenvalue weighted by Crippen LogP contribution is 2.24. The SMILES string of the molecule is Cn1nc2cc(NS(=O)(=O)NCCc3ccccn3)ccc2c1C(=O)Nc1ccc(F)c(Cl)c1. The van der Waals surface area contributed by atoms with Gasteiger partial charge in [-0.25, -0.2) is 4.39 Å². The molecule has 2 heterocycles. The highest BCUT2D eigenvalue weighted by molar-refractivity contribution is 7.90. The predicted octanol–water partition coefficient (Wildman–Crippen LogP) is 3.50. The first-order valence-corrected chi connectivity index (χ1v) is 12.0. The molecule has 0 fully saturated rings. The van der Waals surface area contributed by atoms with E-state index in [9.17, 15) is 17.6 Å². The molecule has 0 radical (unpaired) electrons. The molecule has 0 unspecified atom stereocenters. The van der Waals surface area contributed by atoms with E-state index in [2.05, 4.69) is 24.8 Å². The number of amides is 1. The van der Waals surface area contributed by atoms with E-state index < -0.39 is 21.9 Å². The van der Waals surface area contributed by atoms with Crippen LogP contribution in [0.5, 0.6) is 0 Å². The summed E-state index contributed by atoms with van der Waals surface area (Å²) in [4.78, 5) is 17.0. The van der Waals surface area contributed by atoms with E-state index in [4.69, 9.17) is 11.6 Å². The lowest BCUT2D eigenvalue weighted by molar-refractivity contribution is 0.101. The van der Waals surface area contributed by atoms with E-state index in [-0.39, 0.29) is 22.9 Å². The minimum absolute atomic E-state index is 0.113. The third kappa shape index (κ3) is 5.50. The van der Waals surface area contributed by atoms with Gasteiger partial charge in [0.25, 0.3) is 16.1 Å². The molecular weight excluding hydrogens is 483 g/mol. The molecule has 2 aromatic carbocycles. The van der Waals surface area contributed by atoms with Gasteiger partial charge in [0, 0.05) is 43.0 Å². The molecule has 3 N–H and O–H groups in total. The van der Waals surface area contributed by atoms with Crippen molar-refractivity contribution in [2.75, 3.05) is 16.6 Å². The zero-order chi connectivity index (χ0) is 24.3. The third-order valence-electron chi connectivity index (χ3n) is 4.88. The maximum Gasteiger partial charge on any atom is 0.299 e. The molecule has 9 nitrogen and oxygen atoms in total. The fourth-order valence-corrected chi connectivity index (χ4v) is 4.41. The van der Waals surface area contributed by atoms with Crippen LogP contribution >= 0.6 is 11.6 Å². The van der Waals surface area contributed by atoms with Gasteiger partial charge in [0.1, 0.15) is 11.5 Å². The number of nitrogens with one attached hydrogen (secondary N) is 3. The normalized spacial score (nSPS) is 11.5. The van der Waals surface area contributed by atoms with Crippen molar-refractivity contribution in [1.82, 2.24) is 19.5 Å². The smallest absolute Gasteiger partial charge is 0.299 e. The Hall–Kier alpha value is -3.54. The van der Waals surface area contributed by atoms with Gasteiger partial charge in [-0.05, 0) is 48.5 Å². The fraction of sp³-hybridized carbons (Fsp3) is 0.136. The van der Waals surface area contributed by atoms with Crippen LogP contribution in [0.3, 0.4) is 0 Å². The van der Waals surface area contributed by atoms with Gasteiger partial charge in [-0.1, -0.05) is 17.7 Å². The van der Waals surface area contributed by atoms with Crippen molar-refractivity contribution in [3.05, 3.63) is 83.0 Å². The molecular formula is C22H20ClFN6O3S. The molecule has 0 saturated carbocycles. The lowest BCUT2D eigenvalue weighted by atomic mass is 10.2. The Morgan fingerprint density at radius 2 is 1.91 bits per heavy atom. The number of anilines is 2. The molecule has 0 aliphatic rings. The molecule has 1 amide bonds. The Bertz CT molecular complexity index is 1460. The first kappa shape index (κ1) is 23.6. The van der Waals surface area contributed by atoms with Gasteiger partial charge in [0.05, 0.1) is 16.2 Å². The number of halogens is 2. The fourth-order valence-electron chi connectivity index (χ4n) is 3.35. The van der Waals surface area contributed by atoms with E-state index in [0.29, 0.717) is 23.0 Å². The van der Waals surface area contributed by atoms with Gasteiger partial charge in [0.15, 0.2) is 0 Å². The highest BCUT2D eigenvalue weighted by Gasteiger charge is 2.18. The van der Waals surface area contributed by atoms with Crippen LogP contribution in [0.15, 0.2) is 60.8 Å². The van der Waals surface area contributed by atoms with Crippen molar-refractivity contribution >= 4 is 50.0 Å². The summed E-state index contributed by atoms with van der Waals surface area (Å²) in [6.45, 7) is 0.176. The van der Waals surface area contributed by atoms with Gasteiger partial charge in [-0.15, -0.1) is 0 Å². The standard InChI is InChI=1S/C22H20ClFN6O3S/c1-30-21(22(31)27-15-6-8-19(24)18(23)12-15)17-7-5-16(13-20(17)28-30)29-34(32,33)26-11-9-14-4-2-3-10-25-14/h2-8,10,12-13,26,29H,9,11H2,1H3,(H,27,31). The van der Waals surface area contributed by atoms with E-state index in [1.807, 2.05) is 12.1 Å². The van der Waals surface area contributed by atoms with Crippen molar-refractivity contribution in [2.24, 2.45) is 7.05 Å². The van der Waals surface area contributed by atoms with Crippen LogP contribution in [0, 0.1) is 5.82 Å². The summed E-state index contributed by atoms with van der Waals surface area (Å²) in [6, 6.07) is 14.0. The van der Waals surface area contributed by atoms with E-state index in [0.717, 1.165) is 11.8 Å². The van der Waals surface area contributed by atoms with Gasteiger partial charge >= 0.3 is 0 Å². The Morgan fingerprint density at radius 3 is 2.65 bits per heavy atom. The van der Waals surface area contributed by atoms with Crippen molar-refractivity contribution in [3.63, 3.8) is 0 Å². The number of carbonyl (C=O) groups excluding carboxylic acids is 1. The molecule has 12 heteroatoms. The molecule has 0 atom stereocenters. The molecule has 34 heavy (non-hydrogen) atoms. The van der Waals surface area contributed by atoms with Gasteiger partial charge in [-0.3, -0.25) is 19.2 Å². The molecule has 176 valence electrons. The highest BCUT2D eigenvalue weighted by atomic mass is 35.5. The van der Waals surface area contributed by atoms with Crippen molar-refractivity contribution in [1.29, 1.82) is 0 Å². The first-order valence-electron chi connectivity index (χ1n) is 10.1. The molecule has 0 aliphatic carbocycles. The Kier molecular flexibility index (Phi) is 6.77. The predicted molar refractivity (Wildman–Crippen MR) is 129 cm³/mol. The minimum Gasteiger partial charge on any atom is -0.321 e. The summed E-state index contributed by atoms with van der Waals surface area (Å²) in [5.41, 5.74) is 2.05. The quantitative estimate of drug-likeness (QED) is 0.341. The Balaban J connectivity index is 1.47. The molecule has 0 bridgehead atoms. The lowest BCUT2D eigenvalue weighted by Crippen LogP contribution is -2.31. The van der Waals surface area contributed by atoms with Crippen LogP contribution < -0.4 is 14.8 Å². The van der Waals surface area contributed by atoms with Crippen molar-refractivity contribution < 1.29 is 17.6 Å². The maximum absolute atomic E-state index is 13.4. The summed E-state index contributed by atoms with van der Waals surface area (Å²) < 4.78 is 44.5. The molecule has 4 rings (SSSR count). The zero-order valence-electron chi connectivity index (χ0n) is 17.9. The largest absolute Gasteiger partial charge is 0.321 e. The lowest BCUT2D eigenvalue weighted by Gasteiger charge is -2.09. The van der Waals surface area contributed by atoms with Gasteiger partial charge < -0.3 is 5.32 Å². The molecule has 4 aromatic rings. The van der Waals surface area contributed by atoms with Crippen LogP contribution in [-0.2, 0) is 23.7 Å². The summed E-state index contributed by atoms with van der Waals surface area (Å²) in [7, 11) is -2.23. The number of benzene rings is 2. The molecule has 2 aromatic heterocycles. The Labute approximate surface area is 200 Å². The van der Waals surface area contributed by atoms with E-state index in [1.54, 1.807) is 25.4 Å². The van der Waals surface area contributed by atoms with Crippen LogP contribution in [0.1, 0.15) is 16.2 Å². The van der Waals surface area contributed by atoms with Crippen molar-refractivity contribution in [2.45, 2.75) is 6.42 Å². The Morgan fingerprint density at radius 1 is 1.12 bits per heavy atom. The number of carbonyl (C=O) groups is 1. The number of fused-ring (bicyclic) bond motifs is 1. The van der Waals surface area contributed by atoms with E-state index >= 15 is 0 Å². The summed E-state index contributed by atoms with van der Waals surface area (Å²) in [5, 5.41) is 7.36. The number of aryl methyl sites for hydroxylation is 1. The number of hydrogen-bond acceptors (Lipinski definition) is 5. The van der Waals surface area contributed by atoms with E-state index in [1.165, 1.54) is 28.9 Å². The van der Waals surface area contributed by atoms with Crippen molar-refractivity contribution in [3.8, 4) is 0 Å². The van der Waals surface area contributed by atoms with Gasteiger partial charge in [-0.2, -0.15) is 18.2 Å². The van der Waals surface area contributed by atoms with Crippen LogP contribution in [0.4, 0.5) is 15.8 Å². The average Bonchev–Trinajstić information content (AvgIpc) is 3.11. The zero-order valence-corrected chi connectivity index (χ0v) is 19.5. The summed E-state index contributed by atoms with van der Waals surface area (Å²) in [5.74, 6) is -1.07. The van der Waals surface area contributed by atoms with Crippen LogP contribution in [-0.4, -0.2) is 35.6 Å². The molecule has 0 aliphatic heterocycles. The molecule has 0 spiro atoms. The summed E-state index contributed by atoms with van der Waals surface area (Å²) in [6.07, 6.45) is 2.09.